The summed E-state index contributed by atoms with van der Waals surface area (Å²) in [6, 6.07) is 12.3. The van der Waals surface area contributed by atoms with Gasteiger partial charge in [0, 0.05) is 12.7 Å². The summed E-state index contributed by atoms with van der Waals surface area (Å²) in [4.78, 5) is 2.20. The second kappa shape index (κ2) is 4.41. The zero-order chi connectivity index (χ0) is 14.4. The first-order valence-electron chi connectivity index (χ1n) is 7.22. The Morgan fingerprint density at radius 1 is 1.33 bits per heavy atom. The van der Waals surface area contributed by atoms with Crippen molar-refractivity contribution in [3.63, 3.8) is 0 Å². The summed E-state index contributed by atoms with van der Waals surface area (Å²) in [5, 5.41) is 0. The highest BCUT2D eigenvalue weighted by Gasteiger charge is 2.58. The van der Waals surface area contributed by atoms with Crippen LogP contribution < -0.4 is 4.90 Å². The van der Waals surface area contributed by atoms with E-state index in [2.05, 4.69) is 42.1 Å². The highest BCUT2D eigenvalue weighted by molar-refractivity contribution is 5.65. The first-order chi connectivity index (χ1) is 10.3. The van der Waals surface area contributed by atoms with E-state index in [0.29, 0.717) is 0 Å². The summed E-state index contributed by atoms with van der Waals surface area (Å²) in [7, 11) is 2.08. The van der Waals surface area contributed by atoms with E-state index in [9.17, 15) is 0 Å². The van der Waals surface area contributed by atoms with Crippen molar-refractivity contribution in [1.29, 1.82) is 0 Å². The fraction of sp³-hybridized carbons (Fsp3) is 0.333. The van der Waals surface area contributed by atoms with Crippen LogP contribution in [0.3, 0.4) is 0 Å². The van der Waals surface area contributed by atoms with Crippen molar-refractivity contribution >= 4 is 5.69 Å². The number of rotatable bonds is 2. The van der Waals surface area contributed by atoms with Crippen LogP contribution >= 0.6 is 0 Å². The summed E-state index contributed by atoms with van der Waals surface area (Å²) in [5.41, 5.74) is 2.25. The van der Waals surface area contributed by atoms with Crippen molar-refractivity contribution in [1.82, 2.24) is 0 Å². The third kappa shape index (κ3) is 1.48. The van der Waals surface area contributed by atoms with E-state index in [-0.39, 0.29) is 17.6 Å². The Labute approximate surface area is 124 Å². The summed E-state index contributed by atoms with van der Waals surface area (Å²) in [5.74, 6) is 3.70. The Morgan fingerprint density at radius 3 is 2.95 bits per heavy atom. The van der Waals surface area contributed by atoms with E-state index < -0.39 is 0 Å². The van der Waals surface area contributed by atoms with Crippen LogP contribution in [0.2, 0.25) is 0 Å². The molecule has 3 heteroatoms. The molecule has 3 unspecified atom stereocenters. The Bertz CT molecular complexity index is 700. The van der Waals surface area contributed by atoms with Gasteiger partial charge in [0.05, 0.1) is 24.2 Å². The van der Waals surface area contributed by atoms with E-state index in [0.717, 1.165) is 18.8 Å². The minimum absolute atomic E-state index is 0.0268. The van der Waals surface area contributed by atoms with Crippen molar-refractivity contribution in [2.45, 2.75) is 24.0 Å². The summed E-state index contributed by atoms with van der Waals surface area (Å²) in [6.07, 6.45) is 8.48. The van der Waals surface area contributed by atoms with Gasteiger partial charge in [-0.3, -0.25) is 0 Å². The Balaban J connectivity index is 1.94. The molecule has 0 spiro atoms. The second-order valence-corrected chi connectivity index (χ2v) is 5.76. The minimum atomic E-state index is -0.224. The lowest BCUT2D eigenvalue weighted by atomic mass is 9.68. The number of benzene rings is 1. The number of furan rings is 1. The Kier molecular flexibility index (Phi) is 2.63. The van der Waals surface area contributed by atoms with Crippen LogP contribution in [0.15, 0.2) is 47.1 Å². The predicted molar refractivity (Wildman–Crippen MR) is 81.2 cm³/mol. The molecule has 1 fully saturated rings. The minimum Gasteiger partial charge on any atom is -0.468 e. The van der Waals surface area contributed by atoms with Gasteiger partial charge in [-0.1, -0.05) is 24.1 Å². The maximum atomic E-state index is 6.04. The van der Waals surface area contributed by atoms with Crippen LogP contribution in [0.4, 0.5) is 5.69 Å². The zero-order valence-electron chi connectivity index (χ0n) is 12.0. The first kappa shape index (κ1) is 12.6. The van der Waals surface area contributed by atoms with Crippen molar-refractivity contribution in [2.75, 3.05) is 18.6 Å². The van der Waals surface area contributed by atoms with E-state index in [1.165, 1.54) is 11.3 Å². The SMILES string of the molecule is C#CC(c1ccco1)C12CCOC1N(C)c1ccccc12. The quantitative estimate of drug-likeness (QED) is 0.790. The lowest BCUT2D eigenvalue weighted by Gasteiger charge is -2.34. The lowest BCUT2D eigenvalue weighted by molar-refractivity contribution is 0.0825. The smallest absolute Gasteiger partial charge is 0.141 e. The number of anilines is 1. The van der Waals surface area contributed by atoms with Crippen LogP contribution in [0.5, 0.6) is 0 Å². The molecule has 3 atom stereocenters. The number of ether oxygens (including phenoxy) is 1. The summed E-state index contributed by atoms with van der Waals surface area (Å²) < 4.78 is 11.7. The second-order valence-electron chi connectivity index (χ2n) is 5.76. The van der Waals surface area contributed by atoms with Gasteiger partial charge in [-0.05, 0) is 30.2 Å². The standard InChI is InChI=1S/C18H17NO2/c1-3-13(16-9-6-11-20-16)18-10-12-21-17(18)19(2)15-8-5-4-7-14(15)18/h1,4-9,11,13,17H,10,12H2,2H3. The number of hydrogen-bond donors (Lipinski definition) is 0. The number of para-hydroxylation sites is 1. The van der Waals surface area contributed by atoms with Crippen LogP contribution in [0.1, 0.15) is 23.7 Å². The maximum Gasteiger partial charge on any atom is 0.141 e. The van der Waals surface area contributed by atoms with Crippen LogP contribution in [0, 0.1) is 12.3 Å². The normalized spacial score (nSPS) is 28.0. The maximum absolute atomic E-state index is 6.04. The van der Waals surface area contributed by atoms with Gasteiger partial charge >= 0.3 is 0 Å². The number of fused-ring (bicyclic) bond motifs is 3. The number of terminal acetylenes is 1. The molecule has 0 N–H and O–H groups in total. The van der Waals surface area contributed by atoms with E-state index in [1.54, 1.807) is 6.26 Å². The highest BCUT2D eigenvalue weighted by Crippen LogP contribution is 2.57. The summed E-state index contributed by atoms with van der Waals surface area (Å²) >= 11 is 0. The molecule has 2 aliphatic heterocycles. The molecule has 0 amide bonds. The number of hydrogen-bond acceptors (Lipinski definition) is 3. The molecular formula is C18H17NO2. The molecule has 2 aliphatic rings. The molecule has 3 heterocycles. The van der Waals surface area contributed by atoms with Crippen molar-refractivity contribution in [3.05, 3.63) is 54.0 Å². The average molecular weight is 279 g/mol. The van der Waals surface area contributed by atoms with Crippen molar-refractivity contribution in [2.24, 2.45) is 0 Å². The van der Waals surface area contributed by atoms with Gasteiger partial charge in [-0.15, -0.1) is 6.42 Å². The van der Waals surface area contributed by atoms with E-state index in [1.807, 2.05) is 12.1 Å². The Hall–Kier alpha value is -2.18. The van der Waals surface area contributed by atoms with E-state index in [4.69, 9.17) is 15.6 Å². The largest absolute Gasteiger partial charge is 0.468 e. The van der Waals surface area contributed by atoms with Crippen LogP contribution in [-0.2, 0) is 10.2 Å². The highest BCUT2D eigenvalue weighted by atomic mass is 16.5. The van der Waals surface area contributed by atoms with Gasteiger partial charge in [-0.25, -0.2) is 0 Å². The molecule has 0 radical (unpaired) electrons. The van der Waals surface area contributed by atoms with Gasteiger partial charge in [0.1, 0.15) is 12.0 Å². The van der Waals surface area contributed by atoms with Crippen LogP contribution in [0.25, 0.3) is 0 Å². The molecule has 0 bridgehead atoms. The molecule has 1 saturated heterocycles. The third-order valence-corrected chi connectivity index (χ3v) is 4.88. The fourth-order valence-electron chi connectivity index (χ4n) is 4.02. The summed E-state index contributed by atoms with van der Waals surface area (Å²) in [6.45, 7) is 0.724. The molecule has 1 aromatic heterocycles. The molecule has 0 aliphatic carbocycles. The molecule has 4 rings (SSSR count). The zero-order valence-corrected chi connectivity index (χ0v) is 12.0. The van der Waals surface area contributed by atoms with Gasteiger partial charge in [0.2, 0.25) is 0 Å². The van der Waals surface area contributed by atoms with E-state index >= 15 is 0 Å². The molecular weight excluding hydrogens is 262 g/mol. The Morgan fingerprint density at radius 2 is 2.19 bits per heavy atom. The lowest BCUT2D eigenvalue weighted by Crippen LogP contribution is -2.43. The number of likely N-dealkylation sites (N-methyl/N-ethyl adjacent to an activating group) is 1. The number of nitrogens with zero attached hydrogens (tertiary/aromatic N) is 1. The molecule has 0 saturated carbocycles. The molecule has 106 valence electrons. The monoisotopic (exact) mass is 279 g/mol. The van der Waals surface area contributed by atoms with Crippen LogP contribution in [-0.4, -0.2) is 19.9 Å². The van der Waals surface area contributed by atoms with Crippen molar-refractivity contribution in [3.8, 4) is 12.3 Å². The molecule has 2 aromatic rings. The third-order valence-electron chi connectivity index (χ3n) is 4.88. The van der Waals surface area contributed by atoms with Gasteiger partial charge in [-0.2, -0.15) is 0 Å². The van der Waals surface area contributed by atoms with Gasteiger partial charge < -0.3 is 14.1 Å². The fourth-order valence-corrected chi connectivity index (χ4v) is 4.02. The predicted octanol–water partition coefficient (Wildman–Crippen LogP) is 3.13. The molecule has 3 nitrogen and oxygen atoms in total. The van der Waals surface area contributed by atoms with Gasteiger partial charge in [0.25, 0.3) is 0 Å². The molecule has 21 heavy (non-hydrogen) atoms. The van der Waals surface area contributed by atoms with Gasteiger partial charge in [0.15, 0.2) is 0 Å². The topological polar surface area (TPSA) is 25.6 Å². The molecule has 1 aromatic carbocycles. The average Bonchev–Trinajstić information content (AvgIpc) is 3.21. The van der Waals surface area contributed by atoms with Crippen molar-refractivity contribution < 1.29 is 9.15 Å². The first-order valence-corrected chi connectivity index (χ1v) is 7.22.